The molecule has 1 N–H and O–H groups in total. The Labute approximate surface area is 134 Å². The van der Waals surface area contributed by atoms with Gasteiger partial charge in [0.1, 0.15) is 0 Å². The first-order valence-corrected chi connectivity index (χ1v) is 7.80. The minimum Gasteiger partial charge on any atom is -0.378 e. The molecular formula is C18H18N4O. The quantitative estimate of drug-likeness (QED) is 0.805. The second-order valence-corrected chi connectivity index (χ2v) is 5.55. The maximum atomic E-state index is 5.40. The predicted octanol–water partition coefficient (Wildman–Crippen LogP) is 3.21. The van der Waals surface area contributed by atoms with E-state index in [1.54, 1.807) is 6.20 Å². The number of fused-ring (bicyclic) bond motifs is 1. The molecule has 5 heteroatoms. The summed E-state index contributed by atoms with van der Waals surface area (Å²) in [6.45, 7) is 3.50. The highest BCUT2D eigenvalue weighted by molar-refractivity contribution is 5.92. The lowest BCUT2D eigenvalue weighted by Gasteiger charge is -2.28. The molecule has 1 aliphatic heterocycles. The molecule has 0 amide bonds. The van der Waals surface area contributed by atoms with Gasteiger partial charge in [0.05, 0.1) is 30.6 Å². The highest BCUT2D eigenvalue weighted by atomic mass is 16.5. The molecule has 0 aliphatic carbocycles. The van der Waals surface area contributed by atoms with Crippen LogP contribution in [0.2, 0.25) is 0 Å². The Morgan fingerprint density at radius 3 is 2.57 bits per heavy atom. The van der Waals surface area contributed by atoms with E-state index in [9.17, 15) is 0 Å². The van der Waals surface area contributed by atoms with E-state index in [0.29, 0.717) is 0 Å². The van der Waals surface area contributed by atoms with Gasteiger partial charge in [-0.25, -0.2) is 0 Å². The molecule has 0 atom stereocenters. The molecule has 2 aromatic carbocycles. The molecular weight excluding hydrogens is 288 g/mol. The van der Waals surface area contributed by atoms with E-state index in [0.717, 1.165) is 48.6 Å². The van der Waals surface area contributed by atoms with Gasteiger partial charge in [0.2, 0.25) is 0 Å². The zero-order valence-electron chi connectivity index (χ0n) is 12.8. The second kappa shape index (κ2) is 6.22. The fourth-order valence-corrected chi connectivity index (χ4v) is 2.84. The maximum absolute atomic E-state index is 5.40. The summed E-state index contributed by atoms with van der Waals surface area (Å²) in [5.41, 5.74) is 4.13. The Morgan fingerprint density at radius 1 is 0.957 bits per heavy atom. The molecule has 116 valence electrons. The molecule has 4 rings (SSSR count). The molecule has 0 bridgehead atoms. The van der Waals surface area contributed by atoms with Crippen LogP contribution in [0.5, 0.6) is 0 Å². The van der Waals surface area contributed by atoms with E-state index in [4.69, 9.17) is 4.74 Å². The normalized spacial score (nSPS) is 14.9. The SMILES string of the molecule is c1ccc2c(Nc3ccc(N4CCOCC4)cc3)cnnc2c1. The number of benzene rings is 2. The van der Waals surface area contributed by atoms with E-state index in [2.05, 4.69) is 50.7 Å². The third kappa shape index (κ3) is 2.96. The zero-order chi connectivity index (χ0) is 15.5. The third-order valence-electron chi connectivity index (χ3n) is 4.07. The van der Waals surface area contributed by atoms with Gasteiger partial charge >= 0.3 is 0 Å². The highest BCUT2D eigenvalue weighted by Gasteiger charge is 2.11. The Bertz CT molecular complexity index is 792. The first-order valence-electron chi connectivity index (χ1n) is 7.80. The van der Waals surface area contributed by atoms with Crippen LogP contribution in [0.4, 0.5) is 17.1 Å². The van der Waals surface area contributed by atoms with Crippen molar-refractivity contribution >= 4 is 28.0 Å². The zero-order valence-corrected chi connectivity index (χ0v) is 12.8. The topological polar surface area (TPSA) is 50.3 Å². The van der Waals surface area contributed by atoms with Crippen molar-refractivity contribution < 1.29 is 4.74 Å². The third-order valence-corrected chi connectivity index (χ3v) is 4.07. The van der Waals surface area contributed by atoms with Gasteiger partial charge < -0.3 is 15.0 Å². The number of ether oxygens (including phenoxy) is 1. The van der Waals surface area contributed by atoms with Gasteiger partial charge in [0, 0.05) is 29.9 Å². The van der Waals surface area contributed by atoms with Crippen LogP contribution in [0.1, 0.15) is 0 Å². The molecule has 1 fully saturated rings. The van der Waals surface area contributed by atoms with Crippen LogP contribution in [0.25, 0.3) is 10.9 Å². The lowest BCUT2D eigenvalue weighted by molar-refractivity contribution is 0.122. The molecule has 1 aromatic heterocycles. The fraction of sp³-hybridized carbons (Fsp3) is 0.222. The van der Waals surface area contributed by atoms with Gasteiger partial charge in [0.25, 0.3) is 0 Å². The first-order chi connectivity index (χ1) is 11.4. The van der Waals surface area contributed by atoms with E-state index in [-0.39, 0.29) is 0 Å². The predicted molar refractivity (Wildman–Crippen MR) is 92.3 cm³/mol. The monoisotopic (exact) mass is 306 g/mol. The lowest BCUT2D eigenvalue weighted by Crippen LogP contribution is -2.36. The number of nitrogens with zero attached hydrogens (tertiary/aromatic N) is 3. The lowest BCUT2D eigenvalue weighted by atomic mass is 10.2. The largest absolute Gasteiger partial charge is 0.378 e. The number of hydrogen-bond donors (Lipinski definition) is 1. The van der Waals surface area contributed by atoms with E-state index < -0.39 is 0 Å². The van der Waals surface area contributed by atoms with Crippen molar-refractivity contribution in [1.29, 1.82) is 0 Å². The molecule has 23 heavy (non-hydrogen) atoms. The average Bonchev–Trinajstić information content (AvgIpc) is 2.63. The maximum Gasteiger partial charge on any atom is 0.0950 e. The molecule has 1 saturated heterocycles. The number of morpholine rings is 1. The summed E-state index contributed by atoms with van der Waals surface area (Å²) in [7, 11) is 0. The van der Waals surface area contributed by atoms with Crippen LogP contribution in [-0.2, 0) is 4.74 Å². The van der Waals surface area contributed by atoms with E-state index in [1.807, 2.05) is 18.2 Å². The van der Waals surface area contributed by atoms with Gasteiger partial charge in [-0.15, -0.1) is 0 Å². The number of nitrogens with one attached hydrogen (secondary N) is 1. The van der Waals surface area contributed by atoms with Crippen molar-refractivity contribution in [3.63, 3.8) is 0 Å². The summed E-state index contributed by atoms with van der Waals surface area (Å²) in [4.78, 5) is 2.34. The molecule has 2 heterocycles. The van der Waals surface area contributed by atoms with Crippen LogP contribution >= 0.6 is 0 Å². The highest BCUT2D eigenvalue weighted by Crippen LogP contribution is 2.25. The van der Waals surface area contributed by atoms with Gasteiger partial charge in [-0.05, 0) is 30.3 Å². The molecule has 0 saturated carbocycles. The number of anilines is 3. The Balaban J connectivity index is 1.56. The van der Waals surface area contributed by atoms with Crippen LogP contribution in [0, 0.1) is 0 Å². The van der Waals surface area contributed by atoms with Gasteiger partial charge in [-0.2, -0.15) is 10.2 Å². The molecule has 5 nitrogen and oxygen atoms in total. The van der Waals surface area contributed by atoms with Gasteiger partial charge in [-0.3, -0.25) is 0 Å². The number of rotatable bonds is 3. The second-order valence-electron chi connectivity index (χ2n) is 5.55. The van der Waals surface area contributed by atoms with Crippen molar-refractivity contribution in [2.45, 2.75) is 0 Å². The molecule has 3 aromatic rings. The number of hydrogen-bond acceptors (Lipinski definition) is 5. The van der Waals surface area contributed by atoms with Crippen LogP contribution < -0.4 is 10.2 Å². The summed E-state index contributed by atoms with van der Waals surface area (Å²) in [5, 5.41) is 12.7. The summed E-state index contributed by atoms with van der Waals surface area (Å²) >= 11 is 0. The molecule has 1 aliphatic rings. The van der Waals surface area contributed by atoms with Crippen molar-refractivity contribution in [3.8, 4) is 0 Å². The van der Waals surface area contributed by atoms with Crippen molar-refractivity contribution in [2.75, 3.05) is 36.5 Å². The Kier molecular flexibility index (Phi) is 3.78. The van der Waals surface area contributed by atoms with Crippen LogP contribution in [0.15, 0.2) is 54.7 Å². The van der Waals surface area contributed by atoms with Crippen molar-refractivity contribution in [3.05, 3.63) is 54.7 Å². The van der Waals surface area contributed by atoms with Crippen LogP contribution in [0.3, 0.4) is 0 Å². The molecule has 0 spiro atoms. The summed E-state index contributed by atoms with van der Waals surface area (Å²) in [6, 6.07) is 16.5. The molecule has 0 radical (unpaired) electrons. The van der Waals surface area contributed by atoms with Crippen molar-refractivity contribution in [2.24, 2.45) is 0 Å². The fourth-order valence-electron chi connectivity index (χ4n) is 2.84. The summed E-state index contributed by atoms with van der Waals surface area (Å²) < 4.78 is 5.40. The summed E-state index contributed by atoms with van der Waals surface area (Å²) in [5.74, 6) is 0. The van der Waals surface area contributed by atoms with Gasteiger partial charge in [0.15, 0.2) is 0 Å². The smallest absolute Gasteiger partial charge is 0.0950 e. The Hall–Kier alpha value is -2.66. The standard InChI is InChI=1S/C18H18N4O/c1-2-4-17-16(3-1)18(13-19-21-17)20-14-5-7-15(8-6-14)22-9-11-23-12-10-22/h1-8,13H,9-12H2,(H,20,21). The van der Waals surface area contributed by atoms with Crippen molar-refractivity contribution in [1.82, 2.24) is 10.2 Å². The molecule has 0 unspecified atom stereocenters. The first kappa shape index (κ1) is 14.0. The minimum atomic E-state index is 0.800. The van der Waals surface area contributed by atoms with E-state index in [1.165, 1.54) is 5.69 Å². The van der Waals surface area contributed by atoms with Gasteiger partial charge in [-0.1, -0.05) is 18.2 Å². The van der Waals surface area contributed by atoms with Crippen LogP contribution in [-0.4, -0.2) is 36.5 Å². The average molecular weight is 306 g/mol. The number of aromatic nitrogens is 2. The Morgan fingerprint density at radius 2 is 1.74 bits per heavy atom. The minimum absolute atomic E-state index is 0.800. The van der Waals surface area contributed by atoms with E-state index >= 15 is 0 Å². The summed E-state index contributed by atoms with van der Waals surface area (Å²) in [6.07, 6.45) is 1.76.